The topological polar surface area (TPSA) is 39.9 Å². The summed E-state index contributed by atoms with van der Waals surface area (Å²) in [6.45, 7) is 1.19. The van der Waals surface area contributed by atoms with Crippen LogP contribution in [0.15, 0.2) is 22.9 Å². The monoisotopic (exact) mass is 239 g/mol. The Kier molecular flexibility index (Phi) is 3.87. The van der Waals surface area contributed by atoms with Crippen molar-refractivity contribution < 1.29 is 0 Å². The van der Waals surface area contributed by atoms with Gasteiger partial charge in [0, 0.05) is 23.4 Å². The number of halogens is 1. The third kappa shape index (κ3) is 3.53. The molecule has 0 radical (unpaired) electrons. The Labute approximate surface area is 86.1 Å². The molecule has 1 aromatic rings. The maximum atomic E-state index is 8.45. The number of nitrogens with zero attached hydrogens (tertiary/aromatic N) is 3. The summed E-state index contributed by atoms with van der Waals surface area (Å²) in [6.07, 6.45) is 3.55. The Bertz CT molecular complexity index is 319. The fourth-order valence-corrected chi connectivity index (χ4v) is 1.44. The molecule has 0 bridgehead atoms. The van der Waals surface area contributed by atoms with Crippen molar-refractivity contribution in [3.8, 4) is 6.07 Å². The molecule has 1 aromatic heterocycles. The molecule has 0 amide bonds. The molecule has 0 aliphatic carbocycles. The third-order valence-corrected chi connectivity index (χ3v) is 1.99. The van der Waals surface area contributed by atoms with Gasteiger partial charge in [-0.15, -0.1) is 0 Å². The van der Waals surface area contributed by atoms with Crippen molar-refractivity contribution >= 4 is 15.9 Å². The Morgan fingerprint density at radius 2 is 2.38 bits per heavy atom. The van der Waals surface area contributed by atoms with E-state index in [-0.39, 0.29) is 0 Å². The summed E-state index contributed by atoms with van der Waals surface area (Å²) in [4.78, 5) is 5.97. The predicted molar refractivity (Wildman–Crippen MR) is 53.9 cm³/mol. The van der Waals surface area contributed by atoms with Gasteiger partial charge in [0.1, 0.15) is 0 Å². The fraction of sp³-hybridized carbons (Fsp3) is 0.333. The summed E-state index contributed by atoms with van der Waals surface area (Å²) < 4.78 is 0.968. The number of hydrogen-bond acceptors (Lipinski definition) is 3. The molecule has 0 N–H and O–H groups in total. The first-order valence-electron chi connectivity index (χ1n) is 3.87. The van der Waals surface area contributed by atoms with E-state index in [0.717, 1.165) is 16.6 Å². The van der Waals surface area contributed by atoms with Gasteiger partial charge >= 0.3 is 0 Å². The van der Waals surface area contributed by atoms with Crippen molar-refractivity contribution in [1.82, 2.24) is 9.88 Å². The first kappa shape index (κ1) is 10.2. The minimum Gasteiger partial charge on any atom is -0.289 e. The van der Waals surface area contributed by atoms with Crippen LogP contribution in [0.5, 0.6) is 0 Å². The molecule has 4 heteroatoms. The van der Waals surface area contributed by atoms with Crippen LogP contribution in [0.2, 0.25) is 0 Å². The first-order valence-corrected chi connectivity index (χ1v) is 4.66. The van der Waals surface area contributed by atoms with Gasteiger partial charge in [0.25, 0.3) is 0 Å². The highest BCUT2D eigenvalue weighted by atomic mass is 79.9. The summed E-state index contributed by atoms with van der Waals surface area (Å²) in [7, 11) is 1.91. The molecular formula is C9H10BrN3. The van der Waals surface area contributed by atoms with Gasteiger partial charge in [-0.05, 0) is 34.6 Å². The van der Waals surface area contributed by atoms with E-state index in [2.05, 4.69) is 27.0 Å². The van der Waals surface area contributed by atoms with Crippen molar-refractivity contribution in [2.75, 3.05) is 13.6 Å². The van der Waals surface area contributed by atoms with Gasteiger partial charge < -0.3 is 0 Å². The molecule has 0 atom stereocenters. The molecule has 0 unspecified atom stereocenters. The average molecular weight is 240 g/mol. The van der Waals surface area contributed by atoms with Crippen LogP contribution in [0.4, 0.5) is 0 Å². The van der Waals surface area contributed by atoms with Gasteiger partial charge in [0.05, 0.1) is 12.6 Å². The lowest BCUT2D eigenvalue weighted by atomic mass is 10.3. The molecule has 1 rings (SSSR count). The number of aromatic nitrogens is 1. The van der Waals surface area contributed by atoms with Crippen LogP contribution in [0.1, 0.15) is 5.56 Å². The van der Waals surface area contributed by atoms with Crippen LogP contribution in [-0.2, 0) is 6.54 Å². The van der Waals surface area contributed by atoms with Crippen LogP contribution in [0.3, 0.4) is 0 Å². The van der Waals surface area contributed by atoms with Crippen molar-refractivity contribution in [2.24, 2.45) is 0 Å². The summed E-state index contributed by atoms with van der Waals surface area (Å²) >= 11 is 3.35. The Hall–Kier alpha value is -0.920. The van der Waals surface area contributed by atoms with Gasteiger partial charge in [-0.3, -0.25) is 9.88 Å². The molecular weight excluding hydrogens is 230 g/mol. The molecule has 0 spiro atoms. The molecule has 0 saturated heterocycles. The summed E-state index contributed by atoms with van der Waals surface area (Å²) in [5.41, 5.74) is 1.10. The summed E-state index contributed by atoms with van der Waals surface area (Å²) in [6, 6.07) is 4.10. The van der Waals surface area contributed by atoms with E-state index < -0.39 is 0 Å². The minimum absolute atomic E-state index is 0.437. The van der Waals surface area contributed by atoms with E-state index in [0.29, 0.717) is 6.54 Å². The summed E-state index contributed by atoms with van der Waals surface area (Å²) in [5, 5.41) is 8.45. The molecule has 0 aliphatic heterocycles. The highest BCUT2D eigenvalue weighted by Crippen LogP contribution is 2.10. The molecule has 0 saturated carbocycles. The summed E-state index contributed by atoms with van der Waals surface area (Å²) in [5.74, 6) is 0. The zero-order valence-corrected chi connectivity index (χ0v) is 8.95. The minimum atomic E-state index is 0.437. The highest BCUT2D eigenvalue weighted by molar-refractivity contribution is 9.10. The van der Waals surface area contributed by atoms with Crippen molar-refractivity contribution in [3.05, 3.63) is 28.5 Å². The maximum absolute atomic E-state index is 8.45. The second-order valence-corrected chi connectivity index (χ2v) is 3.76. The Morgan fingerprint density at radius 1 is 1.62 bits per heavy atom. The second kappa shape index (κ2) is 4.95. The first-order chi connectivity index (χ1) is 6.22. The largest absolute Gasteiger partial charge is 0.289 e. The number of nitriles is 1. The molecule has 68 valence electrons. The standard InChI is InChI=1S/C9H10BrN3/c1-13(3-2-11)7-8-4-9(10)6-12-5-8/h4-6H,3,7H2,1H3. The van der Waals surface area contributed by atoms with E-state index in [9.17, 15) is 0 Å². The normalized spacial score (nSPS) is 10.0. The Balaban J connectivity index is 2.59. The average Bonchev–Trinajstić information content (AvgIpc) is 2.04. The third-order valence-electron chi connectivity index (χ3n) is 1.55. The van der Waals surface area contributed by atoms with Crippen molar-refractivity contribution in [1.29, 1.82) is 5.26 Å². The lowest BCUT2D eigenvalue weighted by Gasteiger charge is -2.11. The molecule has 0 aliphatic rings. The highest BCUT2D eigenvalue weighted by Gasteiger charge is 1.99. The van der Waals surface area contributed by atoms with Gasteiger partial charge in [-0.2, -0.15) is 5.26 Å². The molecule has 3 nitrogen and oxygen atoms in total. The van der Waals surface area contributed by atoms with Gasteiger partial charge in [-0.1, -0.05) is 0 Å². The fourth-order valence-electron chi connectivity index (χ4n) is 1.03. The lowest BCUT2D eigenvalue weighted by Crippen LogP contribution is -2.17. The zero-order valence-electron chi connectivity index (χ0n) is 7.37. The molecule has 0 fully saturated rings. The van der Waals surface area contributed by atoms with E-state index >= 15 is 0 Å². The van der Waals surface area contributed by atoms with Gasteiger partial charge in [0.15, 0.2) is 0 Å². The quantitative estimate of drug-likeness (QED) is 0.756. The van der Waals surface area contributed by atoms with Gasteiger partial charge in [-0.25, -0.2) is 0 Å². The van der Waals surface area contributed by atoms with Crippen molar-refractivity contribution in [3.63, 3.8) is 0 Å². The van der Waals surface area contributed by atoms with Crippen molar-refractivity contribution in [2.45, 2.75) is 6.54 Å². The molecule has 13 heavy (non-hydrogen) atoms. The number of pyridine rings is 1. The Morgan fingerprint density at radius 3 is 3.00 bits per heavy atom. The van der Waals surface area contributed by atoms with Crippen LogP contribution in [0.25, 0.3) is 0 Å². The molecule has 1 heterocycles. The van der Waals surface area contributed by atoms with Crippen LogP contribution < -0.4 is 0 Å². The van der Waals surface area contributed by atoms with E-state index in [4.69, 9.17) is 5.26 Å². The van der Waals surface area contributed by atoms with Crippen LogP contribution in [0, 0.1) is 11.3 Å². The SMILES string of the molecule is CN(CC#N)Cc1cncc(Br)c1. The van der Waals surface area contributed by atoms with Gasteiger partial charge in [0.2, 0.25) is 0 Å². The smallest absolute Gasteiger partial charge is 0.0866 e. The van der Waals surface area contributed by atoms with E-state index in [1.165, 1.54) is 0 Å². The number of rotatable bonds is 3. The van der Waals surface area contributed by atoms with Crippen LogP contribution in [-0.4, -0.2) is 23.5 Å². The zero-order chi connectivity index (χ0) is 9.68. The van der Waals surface area contributed by atoms with Crippen LogP contribution >= 0.6 is 15.9 Å². The second-order valence-electron chi connectivity index (χ2n) is 2.84. The van der Waals surface area contributed by atoms with E-state index in [1.807, 2.05) is 18.0 Å². The van der Waals surface area contributed by atoms with E-state index in [1.54, 1.807) is 12.4 Å². The number of hydrogen-bond donors (Lipinski definition) is 0. The maximum Gasteiger partial charge on any atom is 0.0866 e. The molecule has 0 aromatic carbocycles. The lowest BCUT2D eigenvalue weighted by molar-refractivity contribution is 0.367. The predicted octanol–water partition coefficient (Wildman–Crippen LogP) is 1.80.